The number of hydrogen-bond acceptors (Lipinski definition) is 4. The number of benzene rings is 2. The minimum Gasteiger partial charge on any atom is -0.380 e. The summed E-state index contributed by atoms with van der Waals surface area (Å²) in [6.45, 7) is 1.40. The van der Waals surface area contributed by atoms with Gasteiger partial charge in [-0.2, -0.15) is 0 Å². The summed E-state index contributed by atoms with van der Waals surface area (Å²) >= 11 is 0. The fourth-order valence-corrected chi connectivity index (χ4v) is 4.23. The molecule has 0 saturated carbocycles. The highest BCUT2D eigenvalue weighted by atomic mass is 16.2. The van der Waals surface area contributed by atoms with Gasteiger partial charge in [0.05, 0.1) is 6.42 Å². The van der Waals surface area contributed by atoms with E-state index < -0.39 is 0 Å². The molecule has 5 rings (SSSR count). The molecule has 150 valence electrons. The molecule has 3 heterocycles. The predicted octanol–water partition coefficient (Wildman–Crippen LogP) is 3.33. The quantitative estimate of drug-likeness (QED) is 0.517. The van der Waals surface area contributed by atoms with E-state index in [1.807, 2.05) is 65.6 Å². The van der Waals surface area contributed by atoms with Crippen LogP contribution in [0.25, 0.3) is 21.8 Å². The average Bonchev–Trinajstić information content (AvgIpc) is 3.23. The molecule has 2 aromatic carbocycles. The van der Waals surface area contributed by atoms with Crippen molar-refractivity contribution in [1.29, 1.82) is 0 Å². The maximum absolute atomic E-state index is 12.7. The van der Waals surface area contributed by atoms with Gasteiger partial charge in [0.25, 0.3) is 5.56 Å². The van der Waals surface area contributed by atoms with E-state index in [4.69, 9.17) is 0 Å². The Morgan fingerprint density at radius 1 is 1.07 bits per heavy atom. The molecule has 1 atom stereocenters. The van der Waals surface area contributed by atoms with Crippen LogP contribution in [0.2, 0.25) is 0 Å². The van der Waals surface area contributed by atoms with Gasteiger partial charge in [-0.15, -0.1) is 0 Å². The second-order valence-electron chi connectivity index (χ2n) is 7.71. The molecule has 0 bridgehead atoms. The number of hydrogen-bond donors (Lipinski definition) is 2. The SMILES string of the molecule is O=C(Cc1ccccc1)N1CCC(Nc2ccnc3[nH]c(=O)c4ccccc4c23)C1. The minimum atomic E-state index is -0.138. The van der Waals surface area contributed by atoms with Crippen molar-refractivity contribution in [2.75, 3.05) is 18.4 Å². The molecule has 0 spiro atoms. The van der Waals surface area contributed by atoms with Gasteiger partial charge < -0.3 is 15.2 Å². The third kappa shape index (κ3) is 3.41. The highest BCUT2D eigenvalue weighted by molar-refractivity contribution is 6.10. The fraction of sp³-hybridized carbons (Fsp3) is 0.208. The van der Waals surface area contributed by atoms with Crippen molar-refractivity contribution in [3.63, 3.8) is 0 Å². The lowest BCUT2D eigenvalue weighted by Gasteiger charge is -2.19. The Morgan fingerprint density at radius 3 is 2.67 bits per heavy atom. The number of nitrogens with one attached hydrogen (secondary N) is 2. The van der Waals surface area contributed by atoms with Gasteiger partial charge in [-0.25, -0.2) is 4.98 Å². The van der Waals surface area contributed by atoms with Gasteiger partial charge in [-0.05, 0) is 24.1 Å². The van der Waals surface area contributed by atoms with Crippen LogP contribution in [-0.4, -0.2) is 39.9 Å². The number of rotatable bonds is 4. The Labute approximate surface area is 173 Å². The van der Waals surface area contributed by atoms with E-state index >= 15 is 0 Å². The van der Waals surface area contributed by atoms with Crippen LogP contribution in [-0.2, 0) is 11.2 Å². The molecule has 1 aliphatic rings. The standard InChI is InChI=1S/C24H22N4O2/c29-21(14-16-6-2-1-3-7-16)28-13-11-17(15-28)26-20-10-12-25-23-22(20)18-8-4-5-9-19(18)24(30)27-23/h1-10,12,17H,11,13-15H2,(H2,25,26,27,30). The monoisotopic (exact) mass is 398 g/mol. The zero-order valence-corrected chi connectivity index (χ0v) is 16.5. The van der Waals surface area contributed by atoms with E-state index in [2.05, 4.69) is 15.3 Å². The Morgan fingerprint density at radius 2 is 1.83 bits per heavy atom. The first-order valence-electron chi connectivity index (χ1n) is 10.2. The van der Waals surface area contributed by atoms with Gasteiger partial charge in [0.15, 0.2) is 0 Å². The van der Waals surface area contributed by atoms with Crippen molar-refractivity contribution in [2.45, 2.75) is 18.9 Å². The Kier molecular flexibility index (Phi) is 4.67. The normalized spacial score (nSPS) is 16.3. The summed E-state index contributed by atoms with van der Waals surface area (Å²) in [5.74, 6) is 0.153. The molecule has 2 aromatic heterocycles. The van der Waals surface area contributed by atoms with E-state index in [0.29, 0.717) is 24.0 Å². The number of pyridine rings is 2. The second-order valence-corrected chi connectivity index (χ2v) is 7.71. The number of fused-ring (bicyclic) bond motifs is 3. The highest BCUT2D eigenvalue weighted by Crippen LogP contribution is 2.28. The Hall–Kier alpha value is -3.67. The maximum atomic E-state index is 12.7. The van der Waals surface area contributed by atoms with Gasteiger partial charge >= 0.3 is 0 Å². The van der Waals surface area contributed by atoms with E-state index in [1.165, 1.54) is 0 Å². The van der Waals surface area contributed by atoms with Crippen molar-refractivity contribution >= 4 is 33.4 Å². The molecule has 1 amide bonds. The summed E-state index contributed by atoms with van der Waals surface area (Å²) < 4.78 is 0. The fourth-order valence-electron chi connectivity index (χ4n) is 4.23. The van der Waals surface area contributed by atoms with Crippen LogP contribution < -0.4 is 10.9 Å². The first kappa shape index (κ1) is 18.4. The van der Waals surface area contributed by atoms with Crippen molar-refractivity contribution in [3.8, 4) is 0 Å². The molecular formula is C24H22N4O2. The molecule has 6 heteroatoms. The molecule has 1 saturated heterocycles. The molecule has 2 N–H and O–H groups in total. The van der Waals surface area contributed by atoms with Gasteiger partial charge in [0, 0.05) is 47.2 Å². The molecule has 1 unspecified atom stereocenters. The van der Waals surface area contributed by atoms with Crippen LogP contribution in [0, 0.1) is 0 Å². The number of amides is 1. The van der Waals surface area contributed by atoms with Crippen molar-refractivity contribution in [3.05, 3.63) is 82.8 Å². The molecule has 30 heavy (non-hydrogen) atoms. The van der Waals surface area contributed by atoms with Crippen molar-refractivity contribution in [1.82, 2.24) is 14.9 Å². The molecule has 0 radical (unpaired) electrons. The number of likely N-dealkylation sites (tertiary alicyclic amines) is 1. The minimum absolute atomic E-state index is 0.138. The molecule has 1 fully saturated rings. The zero-order valence-electron chi connectivity index (χ0n) is 16.5. The third-order valence-electron chi connectivity index (χ3n) is 5.72. The summed E-state index contributed by atoms with van der Waals surface area (Å²) in [7, 11) is 0. The van der Waals surface area contributed by atoms with Crippen molar-refractivity contribution in [2.24, 2.45) is 0 Å². The number of aromatic nitrogens is 2. The van der Waals surface area contributed by atoms with Crippen LogP contribution in [0.15, 0.2) is 71.7 Å². The average molecular weight is 398 g/mol. The number of anilines is 1. The summed E-state index contributed by atoms with van der Waals surface area (Å²) in [5.41, 5.74) is 2.39. The summed E-state index contributed by atoms with van der Waals surface area (Å²) in [5, 5.41) is 6.01. The van der Waals surface area contributed by atoms with E-state index in [0.717, 1.165) is 35.0 Å². The largest absolute Gasteiger partial charge is 0.380 e. The van der Waals surface area contributed by atoms with Crippen molar-refractivity contribution < 1.29 is 4.79 Å². The molecule has 0 aliphatic carbocycles. The van der Waals surface area contributed by atoms with E-state index in [1.54, 1.807) is 6.20 Å². The zero-order chi connectivity index (χ0) is 20.5. The topological polar surface area (TPSA) is 78.1 Å². The van der Waals surface area contributed by atoms with Gasteiger partial charge in [-0.1, -0.05) is 48.5 Å². The molecular weight excluding hydrogens is 376 g/mol. The maximum Gasteiger partial charge on any atom is 0.257 e. The first-order chi connectivity index (χ1) is 14.7. The number of aromatic amines is 1. The lowest BCUT2D eigenvalue weighted by atomic mass is 10.1. The van der Waals surface area contributed by atoms with E-state index in [9.17, 15) is 9.59 Å². The summed E-state index contributed by atoms with van der Waals surface area (Å²) in [6, 6.07) is 19.5. The van der Waals surface area contributed by atoms with Gasteiger partial charge in [0.1, 0.15) is 5.65 Å². The molecule has 4 aromatic rings. The van der Waals surface area contributed by atoms with E-state index in [-0.39, 0.29) is 17.5 Å². The van der Waals surface area contributed by atoms with Gasteiger partial charge in [0.2, 0.25) is 5.91 Å². The van der Waals surface area contributed by atoms with Crippen LogP contribution in [0.4, 0.5) is 5.69 Å². The van der Waals surface area contributed by atoms with Crippen LogP contribution >= 0.6 is 0 Å². The molecule has 1 aliphatic heterocycles. The molecule has 6 nitrogen and oxygen atoms in total. The first-order valence-corrected chi connectivity index (χ1v) is 10.2. The lowest BCUT2D eigenvalue weighted by molar-refractivity contribution is -0.129. The summed E-state index contributed by atoms with van der Waals surface area (Å²) in [4.78, 5) is 34.2. The van der Waals surface area contributed by atoms with Gasteiger partial charge in [-0.3, -0.25) is 9.59 Å². The number of nitrogens with zero attached hydrogens (tertiary/aromatic N) is 2. The lowest BCUT2D eigenvalue weighted by Crippen LogP contribution is -2.32. The third-order valence-corrected chi connectivity index (χ3v) is 5.72. The Bertz CT molecular complexity index is 1280. The number of carbonyl (C=O) groups is 1. The number of H-pyrrole nitrogens is 1. The highest BCUT2D eigenvalue weighted by Gasteiger charge is 2.26. The predicted molar refractivity (Wildman–Crippen MR) is 119 cm³/mol. The van der Waals surface area contributed by atoms with Crippen LogP contribution in [0.1, 0.15) is 12.0 Å². The summed E-state index contributed by atoms with van der Waals surface area (Å²) in [6.07, 6.45) is 3.01. The van der Waals surface area contributed by atoms with Crippen LogP contribution in [0.3, 0.4) is 0 Å². The Balaban J connectivity index is 1.38. The smallest absolute Gasteiger partial charge is 0.257 e. The number of carbonyl (C=O) groups excluding carboxylic acids is 1. The second kappa shape index (κ2) is 7.63. The van der Waals surface area contributed by atoms with Crippen LogP contribution in [0.5, 0.6) is 0 Å².